The van der Waals surface area contributed by atoms with Gasteiger partial charge in [-0.3, -0.25) is 0 Å². The molecule has 1 saturated carbocycles. The zero-order valence-electron chi connectivity index (χ0n) is 11.7. The summed E-state index contributed by atoms with van der Waals surface area (Å²) in [4.78, 5) is 0. The molecular weight excluding hydrogens is 228 g/mol. The van der Waals surface area contributed by atoms with Crippen molar-refractivity contribution in [1.82, 2.24) is 0 Å². The number of ether oxygens (including phenoxy) is 2. The summed E-state index contributed by atoms with van der Waals surface area (Å²) >= 11 is 0. The average Bonchev–Trinajstić information content (AvgIpc) is 3.07. The van der Waals surface area contributed by atoms with Crippen LogP contribution < -0.4 is 0 Å². The Bertz CT molecular complexity index is 242. The Morgan fingerprint density at radius 2 is 2.06 bits per heavy atom. The summed E-state index contributed by atoms with van der Waals surface area (Å²) in [5.41, 5.74) is 0.924. The highest BCUT2D eigenvalue weighted by Gasteiger charge is 2.52. The number of epoxide rings is 1. The van der Waals surface area contributed by atoms with Crippen molar-refractivity contribution in [2.75, 3.05) is 13.2 Å². The lowest BCUT2D eigenvalue weighted by molar-refractivity contribution is 0.135. The van der Waals surface area contributed by atoms with Gasteiger partial charge in [-0.15, -0.1) is 0 Å². The SMILES string of the molecule is CCCOCCC[Si](C)(C)C1CCCC2OC21. The van der Waals surface area contributed by atoms with E-state index in [1.54, 1.807) is 0 Å². The Kier molecular flexibility index (Phi) is 4.67. The summed E-state index contributed by atoms with van der Waals surface area (Å²) in [6.07, 6.45) is 7.85. The lowest BCUT2D eigenvalue weighted by atomic mass is 10.0. The van der Waals surface area contributed by atoms with Crippen LogP contribution in [-0.4, -0.2) is 33.5 Å². The Hall–Kier alpha value is 0.137. The molecule has 2 rings (SSSR count). The molecule has 2 aliphatic rings. The minimum atomic E-state index is -1.09. The number of hydrogen-bond acceptors (Lipinski definition) is 2. The van der Waals surface area contributed by atoms with Gasteiger partial charge in [0.15, 0.2) is 0 Å². The molecule has 0 aromatic carbocycles. The van der Waals surface area contributed by atoms with Gasteiger partial charge < -0.3 is 9.47 Å². The monoisotopic (exact) mass is 256 g/mol. The Morgan fingerprint density at radius 1 is 1.24 bits per heavy atom. The van der Waals surface area contributed by atoms with Crippen LogP contribution in [0, 0.1) is 0 Å². The molecule has 1 heterocycles. The second-order valence-corrected chi connectivity index (χ2v) is 11.6. The van der Waals surface area contributed by atoms with Crippen molar-refractivity contribution in [3.05, 3.63) is 0 Å². The third-order valence-electron chi connectivity index (χ3n) is 4.48. The minimum absolute atomic E-state index is 0.650. The summed E-state index contributed by atoms with van der Waals surface area (Å²) in [5, 5.41) is 0. The number of fused-ring (bicyclic) bond motifs is 1. The average molecular weight is 256 g/mol. The van der Waals surface area contributed by atoms with Crippen LogP contribution in [0.15, 0.2) is 0 Å². The molecule has 0 spiro atoms. The highest BCUT2D eigenvalue weighted by Crippen LogP contribution is 2.49. The zero-order valence-corrected chi connectivity index (χ0v) is 12.7. The van der Waals surface area contributed by atoms with Gasteiger partial charge in [-0.1, -0.05) is 38.9 Å². The maximum absolute atomic E-state index is 5.83. The molecule has 0 amide bonds. The molecule has 0 aromatic heterocycles. The lowest BCUT2D eigenvalue weighted by Crippen LogP contribution is -2.37. The third kappa shape index (κ3) is 3.55. The van der Waals surface area contributed by atoms with E-state index in [0.29, 0.717) is 12.2 Å². The van der Waals surface area contributed by atoms with Gasteiger partial charge in [0.05, 0.1) is 20.3 Å². The van der Waals surface area contributed by atoms with Crippen molar-refractivity contribution in [3.8, 4) is 0 Å². The van der Waals surface area contributed by atoms with Crippen LogP contribution in [0.1, 0.15) is 39.0 Å². The van der Waals surface area contributed by atoms with Crippen molar-refractivity contribution in [3.63, 3.8) is 0 Å². The van der Waals surface area contributed by atoms with E-state index in [9.17, 15) is 0 Å². The van der Waals surface area contributed by atoms with Gasteiger partial charge in [-0.2, -0.15) is 0 Å². The molecule has 1 aliphatic heterocycles. The Morgan fingerprint density at radius 3 is 2.82 bits per heavy atom. The maximum Gasteiger partial charge on any atom is 0.0846 e. The maximum atomic E-state index is 5.83. The van der Waals surface area contributed by atoms with Gasteiger partial charge >= 0.3 is 0 Å². The van der Waals surface area contributed by atoms with Gasteiger partial charge in [-0.25, -0.2) is 0 Å². The second kappa shape index (κ2) is 5.85. The molecular formula is C14H28O2Si. The van der Waals surface area contributed by atoms with Gasteiger partial charge in [0, 0.05) is 13.2 Å². The summed E-state index contributed by atoms with van der Waals surface area (Å²) in [6.45, 7) is 9.18. The molecule has 0 N–H and O–H groups in total. The van der Waals surface area contributed by atoms with E-state index in [2.05, 4.69) is 20.0 Å². The van der Waals surface area contributed by atoms with Crippen molar-refractivity contribution < 1.29 is 9.47 Å². The first kappa shape index (κ1) is 13.6. The first-order chi connectivity index (χ1) is 8.15. The van der Waals surface area contributed by atoms with E-state index in [-0.39, 0.29) is 0 Å². The molecule has 3 atom stereocenters. The van der Waals surface area contributed by atoms with E-state index < -0.39 is 8.07 Å². The van der Waals surface area contributed by atoms with Crippen LogP contribution in [0.25, 0.3) is 0 Å². The number of rotatable bonds is 7. The van der Waals surface area contributed by atoms with Crippen molar-refractivity contribution in [1.29, 1.82) is 0 Å². The van der Waals surface area contributed by atoms with Crippen LogP contribution in [0.2, 0.25) is 24.7 Å². The lowest BCUT2D eigenvalue weighted by Gasteiger charge is -2.33. The van der Waals surface area contributed by atoms with E-state index >= 15 is 0 Å². The number of hydrogen-bond donors (Lipinski definition) is 0. The van der Waals surface area contributed by atoms with Crippen LogP contribution >= 0.6 is 0 Å². The van der Waals surface area contributed by atoms with Gasteiger partial charge in [0.2, 0.25) is 0 Å². The standard InChI is InChI=1S/C14H28O2Si/c1-4-9-15-10-6-11-17(2,3)13-8-5-7-12-14(13)16-12/h12-14H,4-11H2,1-3H3. The van der Waals surface area contributed by atoms with Crippen molar-refractivity contribution in [2.24, 2.45) is 0 Å². The van der Waals surface area contributed by atoms with Crippen molar-refractivity contribution >= 4 is 8.07 Å². The molecule has 3 unspecified atom stereocenters. The van der Waals surface area contributed by atoms with E-state index in [0.717, 1.165) is 25.2 Å². The smallest absolute Gasteiger partial charge is 0.0846 e. The largest absolute Gasteiger partial charge is 0.381 e. The molecule has 2 fully saturated rings. The van der Waals surface area contributed by atoms with Gasteiger partial charge in [-0.05, 0) is 24.8 Å². The summed E-state index contributed by atoms with van der Waals surface area (Å²) < 4.78 is 11.4. The molecule has 0 aromatic rings. The van der Waals surface area contributed by atoms with E-state index in [1.165, 1.54) is 31.7 Å². The summed E-state index contributed by atoms with van der Waals surface area (Å²) in [6, 6.07) is 1.41. The molecule has 17 heavy (non-hydrogen) atoms. The highest BCUT2D eigenvalue weighted by molar-refractivity contribution is 6.79. The van der Waals surface area contributed by atoms with E-state index in [1.807, 2.05) is 0 Å². The molecule has 3 heteroatoms. The summed E-state index contributed by atoms with van der Waals surface area (Å²) in [5.74, 6) is 0. The summed E-state index contributed by atoms with van der Waals surface area (Å²) in [7, 11) is -1.09. The quantitative estimate of drug-likeness (QED) is 0.392. The van der Waals surface area contributed by atoms with Crippen LogP contribution in [0.4, 0.5) is 0 Å². The Labute approximate surface area is 107 Å². The molecule has 1 aliphatic carbocycles. The minimum Gasteiger partial charge on any atom is -0.381 e. The van der Waals surface area contributed by atoms with Crippen LogP contribution in [-0.2, 0) is 9.47 Å². The highest BCUT2D eigenvalue weighted by atomic mass is 28.3. The van der Waals surface area contributed by atoms with Crippen molar-refractivity contribution in [2.45, 2.75) is 75.9 Å². The van der Waals surface area contributed by atoms with Crippen LogP contribution in [0.3, 0.4) is 0 Å². The van der Waals surface area contributed by atoms with Gasteiger partial charge in [0.1, 0.15) is 0 Å². The molecule has 100 valence electrons. The van der Waals surface area contributed by atoms with Gasteiger partial charge in [0.25, 0.3) is 0 Å². The fourth-order valence-corrected chi connectivity index (χ4v) is 6.94. The predicted octanol–water partition coefficient (Wildman–Crippen LogP) is 3.83. The molecule has 1 saturated heterocycles. The fourth-order valence-electron chi connectivity index (χ4n) is 3.34. The van der Waals surface area contributed by atoms with E-state index in [4.69, 9.17) is 9.47 Å². The molecule has 2 nitrogen and oxygen atoms in total. The molecule has 0 bridgehead atoms. The second-order valence-electron chi connectivity index (χ2n) is 6.38. The zero-order chi connectivity index (χ0) is 12.3. The van der Waals surface area contributed by atoms with Crippen LogP contribution in [0.5, 0.6) is 0 Å². The Balaban J connectivity index is 1.70. The third-order valence-corrected chi connectivity index (χ3v) is 8.75. The first-order valence-electron chi connectivity index (χ1n) is 7.38. The topological polar surface area (TPSA) is 21.8 Å². The normalized spacial score (nSPS) is 32.3. The first-order valence-corrected chi connectivity index (χ1v) is 10.7. The molecule has 0 radical (unpaired) electrons. The fraction of sp³-hybridized carbons (Fsp3) is 1.00. The predicted molar refractivity (Wildman–Crippen MR) is 74.3 cm³/mol.